The maximum atomic E-state index is 11.8. The Morgan fingerprint density at radius 1 is 1.19 bits per heavy atom. The minimum absolute atomic E-state index is 0.0294. The van der Waals surface area contributed by atoms with E-state index in [-0.39, 0.29) is 6.42 Å². The molecule has 0 fully saturated rings. The summed E-state index contributed by atoms with van der Waals surface area (Å²) in [6.45, 7) is 4.96. The van der Waals surface area contributed by atoms with Crippen molar-refractivity contribution >= 4 is 17.4 Å². The van der Waals surface area contributed by atoms with Crippen LogP contribution in [0.3, 0.4) is 0 Å². The number of nitrogens with one attached hydrogen (secondary N) is 2. The van der Waals surface area contributed by atoms with Crippen LogP contribution in [0, 0.1) is 0 Å². The van der Waals surface area contributed by atoms with Gasteiger partial charge in [-0.2, -0.15) is 5.10 Å². The molecule has 8 nitrogen and oxygen atoms in total. The van der Waals surface area contributed by atoms with Gasteiger partial charge in [-0.1, -0.05) is 6.07 Å². The highest BCUT2D eigenvalue weighted by atomic mass is 16.5. The molecule has 1 aromatic heterocycles. The monoisotopic (exact) mass is 422 g/mol. The third kappa shape index (κ3) is 4.06. The third-order valence-corrected chi connectivity index (χ3v) is 5.24. The Labute approximate surface area is 180 Å². The zero-order chi connectivity index (χ0) is 22.0. The summed E-state index contributed by atoms with van der Waals surface area (Å²) in [4.78, 5) is 11.8. The van der Waals surface area contributed by atoms with Crippen LogP contribution in [0.1, 0.15) is 30.5 Å². The maximum Gasteiger partial charge on any atom is 0.247 e. The summed E-state index contributed by atoms with van der Waals surface area (Å²) in [6.07, 6.45) is 0.736. The smallest absolute Gasteiger partial charge is 0.247 e. The van der Waals surface area contributed by atoms with Gasteiger partial charge in [0, 0.05) is 41.9 Å². The Balaban J connectivity index is 1.69. The summed E-state index contributed by atoms with van der Waals surface area (Å²) in [6, 6.07) is 11.7. The maximum absolute atomic E-state index is 11.8. The number of rotatable bonds is 8. The fourth-order valence-electron chi connectivity index (χ4n) is 4.00. The molecule has 0 saturated carbocycles. The van der Waals surface area contributed by atoms with Gasteiger partial charge in [0.05, 0.1) is 25.3 Å². The van der Waals surface area contributed by atoms with E-state index in [1.807, 2.05) is 62.0 Å². The van der Waals surface area contributed by atoms with Crippen molar-refractivity contribution in [3.8, 4) is 22.8 Å². The van der Waals surface area contributed by atoms with E-state index in [0.717, 1.165) is 45.2 Å². The van der Waals surface area contributed by atoms with Gasteiger partial charge in [-0.05, 0) is 43.7 Å². The molecule has 3 N–H and O–H groups in total. The quantitative estimate of drug-likeness (QED) is 0.297. The van der Waals surface area contributed by atoms with E-state index < -0.39 is 5.91 Å². The molecule has 1 aliphatic rings. The molecule has 8 heteroatoms. The Kier molecular flexibility index (Phi) is 5.81. The van der Waals surface area contributed by atoms with Gasteiger partial charge >= 0.3 is 0 Å². The lowest BCUT2D eigenvalue weighted by atomic mass is 10.0. The lowest BCUT2D eigenvalue weighted by Crippen LogP contribution is -2.21. The molecule has 0 aliphatic heterocycles. The first kappa shape index (κ1) is 20.7. The van der Waals surface area contributed by atoms with Crippen molar-refractivity contribution in [2.45, 2.75) is 26.7 Å². The molecule has 1 aliphatic carbocycles. The molecule has 31 heavy (non-hydrogen) atoms. The number of amides is 1. The highest BCUT2D eigenvalue weighted by molar-refractivity contribution is 5.84. The summed E-state index contributed by atoms with van der Waals surface area (Å²) in [5, 5.41) is 17.0. The number of hydroxylamine groups is 1. The molecule has 0 bridgehead atoms. The van der Waals surface area contributed by atoms with Gasteiger partial charge in [-0.25, -0.2) is 5.48 Å². The fourth-order valence-corrected chi connectivity index (χ4v) is 4.00. The lowest BCUT2D eigenvalue weighted by molar-refractivity contribution is -0.128. The summed E-state index contributed by atoms with van der Waals surface area (Å²) >= 11 is 0. The van der Waals surface area contributed by atoms with E-state index in [1.54, 1.807) is 5.48 Å². The Morgan fingerprint density at radius 2 is 2.00 bits per heavy atom. The van der Waals surface area contributed by atoms with E-state index >= 15 is 0 Å². The van der Waals surface area contributed by atoms with Crippen LogP contribution in [0.4, 0.5) is 11.5 Å². The number of hydrogen-bond acceptors (Lipinski definition) is 6. The van der Waals surface area contributed by atoms with Crippen LogP contribution in [0.25, 0.3) is 11.3 Å². The van der Waals surface area contributed by atoms with E-state index in [4.69, 9.17) is 14.7 Å². The number of benzene rings is 2. The number of ether oxygens (including phenoxy) is 2. The second-order valence-electron chi connectivity index (χ2n) is 7.32. The largest absolute Gasteiger partial charge is 0.494 e. The van der Waals surface area contributed by atoms with Crippen LogP contribution in [-0.4, -0.2) is 34.1 Å². The van der Waals surface area contributed by atoms with Crippen molar-refractivity contribution < 1.29 is 19.5 Å². The number of carbonyl (C=O) groups is 1. The second-order valence-corrected chi connectivity index (χ2v) is 7.32. The zero-order valence-corrected chi connectivity index (χ0v) is 17.9. The zero-order valence-electron chi connectivity index (χ0n) is 17.9. The molecule has 3 aromatic rings. The molecule has 0 spiro atoms. The van der Waals surface area contributed by atoms with Crippen molar-refractivity contribution in [3.05, 3.63) is 53.1 Å². The van der Waals surface area contributed by atoms with Crippen LogP contribution in [0.15, 0.2) is 36.4 Å². The standard InChI is InChI=1S/C23H26N4O4/c1-4-30-17-8-6-7-16(13-17)24-23-19-9-14-11-20(31-5-2)15(12-21(28)26-29)10-18(14)22(19)27(3)25-23/h6-8,10-11,13,29H,4-5,9,12H2,1-3H3,(H,24,25)(H,26,28). The van der Waals surface area contributed by atoms with Crippen molar-refractivity contribution in [2.75, 3.05) is 18.5 Å². The van der Waals surface area contributed by atoms with Gasteiger partial charge in [-0.15, -0.1) is 0 Å². The number of aryl methyl sites for hydroxylation is 1. The molecule has 162 valence electrons. The molecule has 4 rings (SSSR count). The van der Waals surface area contributed by atoms with Crippen LogP contribution in [0.2, 0.25) is 0 Å². The topological polar surface area (TPSA) is 97.6 Å². The normalized spacial score (nSPS) is 11.6. The van der Waals surface area contributed by atoms with Gasteiger partial charge in [0.25, 0.3) is 0 Å². The number of anilines is 2. The summed E-state index contributed by atoms with van der Waals surface area (Å²) in [5.41, 5.74) is 7.55. The number of nitrogens with zero attached hydrogens (tertiary/aromatic N) is 2. The first-order valence-corrected chi connectivity index (χ1v) is 10.3. The number of fused-ring (bicyclic) bond motifs is 3. The second kappa shape index (κ2) is 8.69. The van der Waals surface area contributed by atoms with E-state index in [0.29, 0.717) is 25.4 Å². The highest BCUT2D eigenvalue weighted by Gasteiger charge is 2.28. The molecular formula is C23H26N4O4. The lowest BCUT2D eigenvalue weighted by Gasteiger charge is -2.13. The van der Waals surface area contributed by atoms with Gasteiger partial charge in [0.1, 0.15) is 11.5 Å². The minimum atomic E-state index is -0.485. The average molecular weight is 422 g/mol. The molecular weight excluding hydrogens is 396 g/mol. The Bertz CT molecular complexity index is 1120. The van der Waals surface area contributed by atoms with Crippen molar-refractivity contribution in [2.24, 2.45) is 7.05 Å². The van der Waals surface area contributed by atoms with Crippen molar-refractivity contribution in [1.29, 1.82) is 0 Å². The Morgan fingerprint density at radius 3 is 2.74 bits per heavy atom. The molecule has 0 radical (unpaired) electrons. The van der Waals surface area contributed by atoms with Gasteiger partial charge in [0.15, 0.2) is 5.82 Å². The molecule has 1 heterocycles. The fraction of sp³-hybridized carbons (Fsp3) is 0.304. The SMILES string of the molecule is CCOc1cccc(Nc2nn(C)c3c2Cc2cc(OCC)c(CC(=O)NO)cc2-3)c1. The predicted octanol–water partition coefficient (Wildman–Crippen LogP) is 3.58. The van der Waals surface area contributed by atoms with Gasteiger partial charge in [0.2, 0.25) is 5.91 Å². The Hall–Kier alpha value is -3.52. The van der Waals surface area contributed by atoms with Crippen LogP contribution < -0.4 is 20.3 Å². The molecule has 2 aromatic carbocycles. The molecule has 0 atom stereocenters. The van der Waals surface area contributed by atoms with Crippen molar-refractivity contribution in [3.63, 3.8) is 0 Å². The molecule has 0 saturated heterocycles. The number of carbonyl (C=O) groups excluding carboxylic acids is 1. The van der Waals surface area contributed by atoms with Gasteiger partial charge in [-0.3, -0.25) is 14.7 Å². The predicted molar refractivity (Wildman–Crippen MR) is 117 cm³/mol. The third-order valence-electron chi connectivity index (χ3n) is 5.24. The van der Waals surface area contributed by atoms with Crippen LogP contribution >= 0.6 is 0 Å². The first-order chi connectivity index (χ1) is 15.0. The average Bonchev–Trinajstić information content (AvgIpc) is 3.26. The van der Waals surface area contributed by atoms with E-state index in [1.165, 1.54) is 0 Å². The highest BCUT2D eigenvalue weighted by Crippen LogP contribution is 2.43. The van der Waals surface area contributed by atoms with Crippen molar-refractivity contribution in [1.82, 2.24) is 15.3 Å². The molecule has 0 unspecified atom stereocenters. The number of aromatic nitrogens is 2. The molecule has 1 amide bonds. The minimum Gasteiger partial charge on any atom is -0.494 e. The number of hydrogen-bond donors (Lipinski definition) is 3. The van der Waals surface area contributed by atoms with E-state index in [9.17, 15) is 4.79 Å². The summed E-state index contributed by atoms with van der Waals surface area (Å²) in [7, 11) is 1.91. The van der Waals surface area contributed by atoms with E-state index in [2.05, 4.69) is 10.4 Å². The van der Waals surface area contributed by atoms with Gasteiger partial charge < -0.3 is 14.8 Å². The van der Waals surface area contributed by atoms with Crippen LogP contribution in [-0.2, 0) is 24.7 Å². The summed E-state index contributed by atoms with van der Waals surface area (Å²) < 4.78 is 13.2. The first-order valence-electron chi connectivity index (χ1n) is 10.3. The van der Waals surface area contributed by atoms with Crippen LogP contribution in [0.5, 0.6) is 11.5 Å². The summed E-state index contributed by atoms with van der Waals surface area (Å²) in [5.74, 6) is 1.76.